The SMILES string of the molecule is COC(CNCc1cn[nH]c1-c1ccccc1)OC. The first kappa shape index (κ1) is 13.7. The summed E-state index contributed by atoms with van der Waals surface area (Å²) in [6.07, 6.45) is 1.61. The van der Waals surface area contributed by atoms with E-state index < -0.39 is 0 Å². The number of methoxy groups -OCH3 is 2. The summed E-state index contributed by atoms with van der Waals surface area (Å²) in [4.78, 5) is 0. The zero-order valence-corrected chi connectivity index (χ0v) is 11.2. The van der Waals surface area contributed by atoms with Gasteiger partial charge in [0.05, 0.1) is 11.9 Å². The maximum atomic E-state index is 5.13. The lowest BCUT2D eigenvalue weighted by molar-refractivity contribution is -0.0989. The van der Waals surface area contributed by atoms with Crippen LogP contribution in [0.3, 0.4) is 0 Å². The summed E-state index contributed by atoms with van der Waals surface area (Å²) in [6.45, 7) is 1.34. The van der Waals surface area contributed by atoms with Crippen molar-refractivity contribution in [1.82, 2.24) is 15.5 Å². The van der Waals surface area contributed by atoms with E-state index in [4.69, 9.17) is 9.47 Å². The number of hydrogen-bond donors (Lipinski definition) is 2. The van der Waals surface area contributed by atoms with Crippen molar-refractivity contribution in [2.75, 3.05) is 20.8 Å². The smallest absolute Gasteiger partial charge is 0.169 e. The van der Waals surface area contributed by atoms with Crippen LogP contribution >= 0.6 is 0 Å². The number of ether oxygens (including phenoxy) is 2. The van der Waals surface area contributed by atoms with Gasteiger partial charge >= 0.3 is 0 Å². The summed E-state index contributed by atoms with van der Waals surface area (Å²) >= 11 is 0. The lowest BCUT2D eigenvalue weighted by Gasteiger charge is -2.14. The number of nitrogens with zero attached hydrogens (tertiary/aromatic N) is 1. The maximum Gasteiger partial charge on any atom is 0.169 e. The number of aromatic nitrogens is 2. The van der Waals surface area contributed by atoms with Gasteiger partial charge in [0.1, 0.15) is 0 Å². The van der Waals surface area contributed by atoms with Gasteiger partial charge in [-0.15, -0.1) is 0 Å². The molecule has 2 N–H and O–H groups in total. The summed E-state index contributed by atoms with van der Waals surface area (Å²) < 4.78 is 10.3. The zero-order chi connectivity index (χ0) is 13.5. The van der Waals surface area contributed by atoms with Crippen molar-refractivity contribution in [2.45, 2.75) is 12.8 Å². The minimum Gasteiger partial charge on any atom is -0.355 e. The van der Waals surface area contributed by atoms with Gasteiger partial charge in [0.25, 0.3) is 0 Å². The molecule has 0 aliphatic heterocycles. The first-order valence-corrected chi connectivity index (χ1v) is 6.19. The van der Waals surface area contributed by atoms with Crippen LogP contribution < -0.4 is 5.32 Å². The van der Waals surface area contributed by atoms with Crippen LogP contribution in [0.2, 0.25) is 0 Å². The molecule has 0 bridgehead atoms. The number of nitrogens with one attached hydrogen (secondary N) is 2. The van der Waals surface area contributed by atoms with E-state index in [1.807, 2.05) is 24.4 Å². The van der Waals surface area contributed by atoms with Crippen molar-refractivity contribution in [2.24, 2.45) is 0 Å². The average molecular weight is 261 g/mol. The second-order valence-corrected chi connectivity index (χ2v) is 4.17. The zero-order valence-electron chi connectivity index (χ0n) is 11.2. The van der Waals surface area contributed by atoms with Gasteiger partial charge in [0.15, 0.2) is 6.29 Å². The Balaban J connectivity index is 1.97. The fourth-order valence-corrected chi connectivity index (χ4v) is 1.89. The largest absolute Gasteiger partial charge is 0.355 e. The van der Waals surface area contributed by atoms with E-state index in [2.05, 4.69) is 27.6 Å². The summed E-state index contributed by atoms with van der Waals surface area (Å²) in [6, 6.07) is 10.1. The maximum absolute atomic E-state index is 5.13. The average Bonchev–Trinajstić information content (AvgIpc) is 2.93. The highest BCUT2D eigenvalue weighted by molar-refractivity contribution is 5.62. The van der Waals surface area contributed by atoms with Crippen molar-refractivity contribution in [3.8, 4) is 11.3 Å². The Kier molecular flexibility index (Phi) is 5.09. The molecule has 1 heterocycles. The van der Waals surface area contributed by atoms with Gasteiger partial charge in [-0.1, -0.05) is 30.3 Å². The molecule has 0 spiro atoms. The van der Waals surface area contributed by atoms with Crippen LogP contribution in [-0.2, 0) is 16.0 Å². The van der Waals surface area contributed by atoms with Crippen molar-refractivity contribution in [1.29, 1.82) is 0 Å². The molecule has 0 aliphatic carbocycles. The molecule has 2 aromatic rings. The number of aromatic amines is 1. The van der Waals surface area contributed by atoms with E-state index in [1.54, 1.807) is 14.2 Å². The summed E-state index contributed by atoms with van der Waals surface area (Å²) in [5.41, 5.74) is 3.29. The second-order valence-electron chi connectivity index (χ2n) is 4.17. The molecule has 19 heavy (non-hydrogen) atoms. The summed E-state index contributed by atoms with van der Waals surface area (Å²) in [5, 5.41) is 10.4. The van der Waals surface area contributed by atoms with Crippen LogP contribution in [-0.4, -0.2) is 37.3 Å². The molecule has 0 amide bonds. The summed E-state index contributed by atoms with van der Waals surface area (Å²) in [7, 11) is 3.26. The molecule has 0 fully saturated rings. The third-order valence-electron chi connectivity index (χ3n) is 2.93. The van der Waals surface area contributed by atoms with Gasteiger partial charge in [0, 0.05) is 32.9 Å². The monoisotopic (exact) mass is 261 g/mol. The minimum atomic E-state index is -0.230. The molecule has 0 atom stereocenters. The molecule has 1 aromatic heterocycles. The molecule has 0 unspecified atom stereocenters. The lowest BCUT2D eigenvalue weighted by atomic mass is 10.1. The predicted molar refractivity (Wildman–Crippen MR) is 73.5 cm³/mol. The molecular weight excluding hydrogens is 242 g/mol. The van der Waals surface area contributed by atoms with E-state index in [-0.39, 0.29) is 6.29 Å². The molecule has 0 radical (unpaired) electrons. The quantitative estimate of drug-likeness (QED) is 0.746. The van der Waals surface area contributed by atoms with E-state index in [1.165, 1.54) is 0 Å². The van der Waals surface area contributed by atoms with Crippen LogP contribution in [0.25, 0.3) is 11.3 Å². The molecular formula is C14H19N3O2. The Morgan fingerprint density at radius 2 is 1.95 bits per heavy atom. The Morgan fingerprint density at radius 1 is 1.21 bits per heavy atom. The third kappa shape index (κ3) is 3.64. The Labute approximate surface area is 112 Å². The van der Waals surface area contributed by atoms with Gasteiger partial charge in [-0.2, -0.15) is 5.10 Å². The van der Waals surface area contributed by atoms with E-state index in [9.17, 15) is 0 Å². The molecule has 1 aromatic carbocycles. The van der Waals surface area contributed by atoms with Crippen LogP contribution in [0.4, 0.5) is 0 Å². The minimum absolute atomic E-state index is 0.230. The number of benzene rings is 1. The molecule has 2 rings (SSSR count). The second kappa shape index (κ2) is 7.04. The van der Waals surface area contributed by atoms with Gasteiger partial charge < -0.3 is 14.8 Å². The highest BCUT2D eigenvalue weighted by atomic mass is 16.7. The third-order valence-corrected chi connectivity index (χ3v) is 2.93. The standard InChI is InChI=1S/C14H19N3O2/c1-18-13(19-2)10-15-8-12-9-16-17-14(12)11-6-4-3-5-7-11/h3-7,9,13,15H,8,10H2,1-2H3,(H,16,17). The van der Waals surface area contributed by atoms with E-state index >= 15 is 0 Å². The number of H-pyrrole nitrogens is 1. The van der Waals surface area contributed by atoms with E-state index in [0.29, 0.717) is 13.1 Å². The predicted octanol–water partition coefficient (Wildman–Crippen LogP) is 1.79. The van der Waals surface area contributed by atoms with E-state index in [0.717, 1.165) is 16.8 Å². The molecule has 0 saturated carbocycles. The van der Waals surface area contributed by atoms with Gasteiger partial charge in [-0.25, -0.2) is 0 Å². The normalized spacial score (nSPS) is 11.1. The first-order valence-electron chi connectivity index (χ1n) is 6.19. The molecule has 5 nitrogen and oxygen atoms in total. The van der Waals surface area contributed by atoms with Crippen LogP contribution in [0.5, 0.6) is 0 Å². The molecule has 0 aliphatic rings. The Bertz CT molecular complexity index is 480. The van der Waals surface area contributed by atoms with Crippen LogP contribution in [0, 0.1) is 0 Å². The van der Waals surface area contributed by atoms with Crippen LogP contribution in [0.15, 0.2) is 36.5 Å². The molecule has 0 saturated heterocycles. The number of rotatable bonds is 7. The fourth-order valence-electron chi connectivity index (χ4n) is 1.89. The van der Waals surface area contributed by atoms with Crippen LogP contribution in [0.1, 0.15) is 5.56 Å². The van der Waals surface area contributed by atoms with Crippen molar-refractivity contribution >= 4 is 0 Å². The van der Waals surface area contributed by atoms with Crippen molar-refractivity contribution in [3.63, 3.8) is 0 Å². The van der Waals surface area contributed by atoms with Gasteiger partial charge in [-0.05, 0) is 5.56 Å². The molecule has 5 heteroatoms. The highest BCUT2D eigenvalue weighted by Gasteiger charge is 2.08. The van der Waals surface area contributed by atoms with Gasteiger partial charge in [-0.3, -0.25) is 5.10 Å². The highest BCUT2D eigenvalue weighted by Crippen LogP contribution is 2.20. The van der Waals surface area contributed by atoms with Gasteiger partial charge in [0.2, 0.25) is 0 Å². The Hall–Kier alpha value is -1.69. The number of hydrogen-bond acceptors (Lipinski definition) is 4. The first-order chi connectivity index (χ1) is 9.35. The van der Waals surface area contributed by atoms with Crippen molar-refractivity contribution in [3.05, 3.63) is 42.1 Å². The fraction of sp³-hybridized carbons (Fsp3) is 0.357. The van der Waals surface area contributed by atoms with Crippen molar-refractivity contribution < 1.29 is 9.47 Å². The Morgan fingerprint density at radius 3 is 2.63 bits per heavy atom. The topological polar surface area (TPSA) is 59.2 Å². The summed E-state index contributed by atoms with van der Waals surface area (Å²) in [5.74, 6) is 0. The molecule has 102 valence electrons. The lowest BCUT2D eigenvalue weighted by Crippen LogP contribution is -2.29.